The molecule has 2 heterocycles. The average Bonchev–Trinajstić information content (AvgIpc) is 3.25. The zero-order valence-electron chi connectivity index (χ0n) is 12.9. The van der Waals surface area contributed by atoms with Crippen LogP contribution in [0.5, 0.6) is 0 Å². The van der Waals surface area contributed by atoms with Crippen LogP contribution in [0.15, 0.2) is 48.8 Å². The normalized spacial score (nSPS) is 17.1. The van der Waals surface area contributed by atoms with Crippen LogP contribution in [-0.4, -0.2) is 28.0 Å². The van der Waals surface area contributed by atoms with Crippen LogP contribution in [0, 0.1) is 0 Å². The zero-order chi connectivity index (χ0) is 14.9. The van der Waals surface area contributed by atoms with E-state index < -0.39 is 0 Å². The molecule has 3 heteroatoms. The van der Waals surface area contributed by atoms with Gasteiger partial charge in [0.25, 0.3) is 0 Å². The van der Waals surface area contributed by atoms with Crippen LogP contribution in [0.25, 0.3) is 22.2 Å². The Labute approximate surface area is 131 Å². The first-order chi connectivity index (χ1) is 10.8. The van der Waals surface area contributed by atoms with Crippen molar-refractivity contribution >= 4 is 11.0 Å². The summed E-state index contributed by atoms with van der Waals surface area (Å²) in [5.41, 5.74) is 6.01. The van der Waals surface area contributed by atoms with Crippen molar-refractivity contribution < 1.29 is 0 Å². The Hall–Kier alpha value is -2.13. The number of rotatable bonds is 3. The summed E-state index contributed by atoms with van der Waals surface area (Å²) in [4.78, 5) is 10.0. The Kier molecular flexibility index (Phi) is 3.43. The number of aromatic amines is 1. The molecule has 0 saturated carbocycles. The molecule has 4 rings (SSSR count). The number of hydrogen-bond acceptors (Lipinski definition) is 2. The minimum Gasteiger partial charge on any atom is -0.345 e. The van der Waals surface area contributed by atoms with Crippen LogP contribution in [0.4, 0.5) is 0 Å². The van der Waals surface area contributed by atoms with Gasteiger partial charge in [-0.15, -0.1) is 0 Å². The highest BCUT2D eigenvalue weighted by atomic mass is 15.2. The van der Waals surface area contributed by atoms with Gasteiger partial charge in [0.2, 0.25) is 0 Å². The number of fused-ring (bicyclic) bond motifs is 1. The number of H-pyrrole nitrogens is 1. The fraction of sp³-hybridized carbons (Fsp3) is 0.316. The molecule has 112 valence electrons. The number of imidazole rings is 1. The van der Waals surface area contributed by atoms with Crippen LogP contribution in [0.2, 0.25) is 0 Å². The van der Waals surface area contributed by atoms with E-state index in [9.17, 15) is 0 Å². The van der Waals surface area contributed by atoms with Gasteiger partial charge in [-0.2, -0.15) is 0 Å². The van der Waals surface area contributed by atoms with Gasteiger partial charge in [-0.1, -0.05) is 30.3 Å². The second-order valence-electron chi connectivity index (χ2n) is 6.18. The maximum Gasteiger partial charge on any atom is 0.0931 e. The third-order valence-electron chi connectivity index (χ3n) is 4.84. The van der Waals surface area contributed by atoms with E-state index in [-0.39, 0.29) is 0 Å². The highest BCUT2D eigenvalue weighted by Crippen LogP contribution is 2.28. The quantitative estimate of drug-likeness (QED) is 0.776. The molecule has 0 aliphatic carbocycles. The number of likely N-dealkylation sites (tertiary alicyclic amines) is 1. The monoisotopic (exact) mass is 291 g/mol. The van der Waals surface area contributed by atoms with Crippen LogP contribution in [-0.2, 0) is 0 Å². The fourth-order valence-corrected chi connectivity index (χ4v) is 3.41. The zero-order valence-corrected chi connectivity index (χ0v) is 12.9. The molecule has 0 radical (unpaired) electrons. The fourth-order valence-electron chi connectivity index (χ4n) is 3.41. The van der Waals surface area contributed by atoms with Crippen molar-refractivity contribution in [3.8, 4) is 11.1 Å². The number of benzene rings is 2. The van der Waals surface area contributed by atoms with Crippen molar-refractivity contribution in [2.24, 2.45) is 0 Å². The predicted molar refractivity (Wildman–Crippen MR) is 90.8 cm³/mol. The number of nitrogens with one attached hydrogen (secondary N) is 1. The molecule has 1 aliphatic rings. The van der Waals surface area contributed by atoms with E-state index in [1.165, 1.54) is 42.6 Å². The van der Waals surface area contributed by atoms with Crippen molar-refractivity contribution in [2.45, 2.75) is 25.8 Å². The minimum atomic E-state index is 0.520. The molecule has 2 aromatic carbocycles. The smallest absolute Gasteiger partial charge is 0.0931 e. The van der Waals surface area contributed by atoms with Gasteiger partial charge in [-0.05, 0) is 61.7 Å². The number of aromatic nitrogens is 2. The van der Waals surface area contributed by atoms with E-state index in [1.807, 2.05) is 0 Å². The molecular weight excluding hydrogens is 270 g/mol. The number of nitrogens with zero attached hydrogens (tertiary/aromatic N) is 2. The Balaban J connectivity index is 1.60. The molecule has 0 unspecified atom stereocenters. The van der Waals surface area contributed by atoms with E-state index in [0.717, 1.165) is 11.0 Å². The van der Waals surface area contributed by atoms with Gasteiger partial charge < -0.3 is 4.98 Å². The number of hydrogen-bond donors (Lipinski definition) is 1. The van der Waals surface area contributed by atoms with Gasteiger partial charge in [0.05, 0.1) is 17.4 Å². The molecule has 1 atom stereocenters. The highest BCUT2D eigenvalue weighted by molar-refractivity contribution is 5.81. The molecule has 22 heavy (non-hydrogen) atoms. The molecule has 3 aromatic rings. The van der Waals surface area contributed by atoms with Crippen molar-refractivity contribution in [1.29, 1.82) is 0 Å². The lowest BCUT2D eigenvalue weighted by molar-refractivity contribution is 0.263. The first-order valence-corrected chi connectivity index (χ1v) is 8.09. The second kappa shape index (κ2) is 5.58. The predicted octanol–water partition coefficient (Wildman–Crippen LogP) is 4.39. The summed E-state index contributed by atoms with van der Waals surface area (Å²) in [5, 5.41) is 0. The van der Waals surface area contributed by atoms with E-state index in [2.05, 4.69) is 64.3 Å². The first-order valence-electron chi connectivity index (χ1n) is 8.09. The lowest BCUT2D eigenvalue weighted by atomic mass is 10.0. The standard InChI is InChI=1S/C19H21N3/c1-14(22-10-2-3-11-22)15-4-6-16(7-5-15)17-8-9-18-19(12-17)21-13-20-18/h4-9,12-14H,2-3,10-11H2,1H3,(H,20,21)/t14-/m0/s1. The SMILES string of the molecule is C[C@@H](c1ccc(-c2ccc3nc[nH]c3c2)cc1)N1CCCC1. The van der Waals surface area contributed by atoms with Gasteiger partial charge in [0.1, 0.15) is 0 Å². The van der Waals surface area contributed by atoms with Crippen LogP contribution in [0.1, 0.15) is 31.4 Å². The topological polar surface area (TPSA) is 31.9 Å². The molecule has 1 aromatic heterocycles. The Morgan fingerprint density at radius 1 is 1.00 bits per heavy atom. The summed E-state index contributed by atoms with van der Waals surface area (Å²) in [5.74, 6) is 0. The summed E-state index contributed by atoms with van der Waals surface area (Å²) in [7, 11) is 0. The van der Waals surface area contributed by atoms with E-state index in [4.69, 9.17) is 0 Å². The molecular formula is C19H21N3. The maximum atomic E-state index is 4.27. The molecule has 0 bridgehead atoms. The molecule has 3 nitrogen and oxygen atoms in total. The molecule has 1 fully saturated rings. The second-order valence-corrected chi connectivity index (χ2v) is 6.18. The minimum absolute atomic E-state index is 0.520. The third kappa shape index (κ3) is 2.42. The molecule has 1 aliphatic heterocycles. The highest BCUT2D eigenvalue weighted by Gasteiger charge is 2.19. The average molecular weight is 291 g/mol. The van der Waals surface area contributed by atoms with Gasteiger partial charge in [0, 0.05) is 6.04 Å². The van der Waals surface area contributed by atoms with Gasteiger partial charge in [0.15, 0.2) is 0 Å². The molecule has 0 amide bonds. The van der Waals surface area contributed by atoms with Crippen molar-refractivity contribution in [3.63, 3.8) is 0 Å². The maximum absolute atomic E-state index is 4.27. The third-order valence-corrected chi connectivity index (χ3v) is 4.84. The summed E-state index contributed by atoms with van der Waals surface area (Å²) >= 11 is 0. The van der Waals surface area contributed by atoms with Crippen LogP contribution < -0.4 is 0 Å². The summed E-state index contributed by atoms with van der Waals surface area (Å²) < 4.78 is 0. The van der Waals surface area contributed by atoms with Crippen molar-refractivity contribution in [1.82, 2.24) is 14.9 Å². The summed E-state index contributed by atoms with van der Waals surface area (Å²) in [6.45, 7) is 4.79. The first kappa shape index (κ1) is 13.5. The largest absolute Gasteiger partial charge is 0.345 e. The van der Waals surface area contributed by atoms with Gasteiger partial charge >= 0.3 is 0 Å². The van der Waals surface area contributed by atoms with E-state index in [1.54, 1.807) is 6.33 Å². The Morgan fingerprint density at radius 2 is 1.73 bits per heavy atom. The Bertz CT molecular complexity index is 767. The van der Waals surface area contributed by atoms with Crippen LogP contribution >= 0.6 is 0 Å². The summed E-state index contributed by atoms with van der Waals surface area (Å²) in [6.07, 6.45) is 4.43. The lowest BCUT2D eigenvalue weighted by Crippen LogP contribution is -2.23. The van der Waals surface area contributed by atoms with E-state index >= 15 is 0 Å². The lowest BCUT2D eigenvalue weighted by Gasteiger charge is -2.24. The van der Waals surface area contributed by atoms with E-state index in [0.29, 0.717) is 6.04 Å². The molecule has 0 spiro atoms. The van der Waals surface area contributed by atoms with Crippen LogP contribution in [0.3, 0.4) is 0 Å². The molecule has 1 saturated heterocycles. The van der Waals surface area contributed by atoms with Crippen molar-refractivity contribution in [2.75, 3.05) is 13.1 Å². The van der Waals surface area contributed by atoms with Gasteiger partial charge in [-0.25, -0.2) is 4.98 Å². The molecule has 1 N–H and O–H groups in total. The Morgan fingerprint density at radius 3 is 2.50 bits per heavy atom. The summed E-state index contributed by atoms with van der Waals surface area (Å²) in [6, 6.07) is 15.9. The van der Waals surface area contributed by atoms with Crippen molar-refractivity contribution in [3.05, 3.63) is 54.4 Å². The van der Waals surface area contributed by atoms with Gasteiger partial charge in [-0.3, -0.25) is 4.90 Å².